The minimum Gasteiger partial charge on any atom is -0.512 e. The van der Waals surface area contributed by atoms with Gasteiger partial charge in [0.1, 0.15) is 5.76 Å². The van der Waals surface area contributed by atoms with Gasteiger partial charge < -0.3 is 32.1 Å². The normalized spacial score (nSPS) is 10.6. The van der Waals surface area contributed by atoms with Crippen molar-refractivity contribution in [1.82, 2.24) is 0 Å². The summed E-state index contributed by atoms with van der Waals surface area (Å²) >= 11 is 0. The van der Waals surface area contributed by atoms with Gasteiger partial charge in [0.2, 0.25) is 5.91 Å². The molecule has 10 nitrogen and oxygen atoms in total. The number of hydrogen-bond donors (Lipinski definition) is 6. The van der Waals surface area contributed by atoms with Crippen LogP contribution in [-0.4, -0.2) is 45.9 Å². The number of rotatable bonds is 4. The molecule has 0 radical (unpaired) electrons. The van der Waals surface area contributed by atoms with Crippen LogP contribution in [0.15, 0.2) is 35.6 Å². The van der Waals surface area contributed by atoms with E-state index in [0.29, 0.717) is 11.4 Å². The van der Waals surface area contributed by atoms with E-state index in [4.69, 9.17) is 36.8 Å². The van der Waals surface area contributed by atoms with Gasteiger partial charge in [-0.25, -0.2) is 4.79 Å². The van der Waals surface area contributed by atoms with E-state index < -0.39 is 24.5 Å². The number of nitrogens with zero attached hydrogens (tertiary/aromatic N) is 1. The fourth-order valence-electron chi connectivity index (χ4n) is 1.18. The van der Waals surface area contributed by atoms with Gasteiger partial charge >= 0.3 is 18.1 Å². The molecule has 0 atom stereocenters. The predicted molar refractivity (Wildman–Crippen MR) is 95.4 cm³/mol. The summed E-state index contributed by atoms with van der Waals surface area (Å²) in [7, 11) is 0. The minimum absolute atomic E-state index is 0.00955. The Morgan fingerprint density at radius 2 is 1.59 bits per heavy atom. The van der Waals surface area contributed by atoms with Crippen molar-refractivity contribution in [3.63, 3.8) is 0 Å². The van der Waals surface area contributed by atoms with E-state index in [9.17, 15) is 22.8 Å². The zero-order valence-electron chi connectivity index (χ0n) is 15.0. The maximum absolute atomic E-state index is 10.8. The summed E-state index contributed by atoms with van der Waals surface area (Å²) < 4.78 is 31.7. The highest BCUT2D eigenvalue weighted by Crippen LogP contribution is 2.13. The Labute approximate surface area is 162 Å². The second kappa shape index (κ2) is 13.4. The van der Waals surface area contributed by atoms with E-state index in [2.05, 4.69) is 5.32 Å². The Morgan fingerprint density at radius 1 is 1.14 bits per heavy atom. The number of carboxylic acids is 2. The van der Waals surface area contributed by atoms with Gasteiger partial charge in [0.15, 0.2) is 0 Å². The average molecular weight is 420 g/mol. The van der Waals surface area contributed by atoms with E-state index in [1.807, 2.05) is 0 Å². The maximum Gasteiger partial charge on any atom is 0.490 e. The SMILES string of the molecule is CC(O)=C(C#N)CC(=O)O.NCC(=O)Nc1ccc(N)cc1.O=C(O)C(F)(F)F. The van der Waals surface area contributed by atoms with E-state index in [0.717, 1.165) is 0 Å². The molecule has 1 aromatic carbocycles. The zero-order chi connectivity index (χ0) is 23.2. The predicted octanol–water partition coefficient (Wildman–Crippen LogP) is 1.62. The molecule has 0 spiro atoms. The van der Waals surface area contributed by atoms with Crippen LogP contribution in [0.25, 0.3) is 0 Å². The molecule has 0 heterocycles. The molecule has 1 rings (SSSR count). The summed E-state index contributed by atoms with van der Waals surface area (Å²) in [6.07, 6.45) is -5.50. The first kappa shape index (κ1) is 27.4. The van der Waals surface area contributed by atoms with E-state index in [1.165, 1.54) is 6.92 Å². The summed E-state index contributed by atoms with van der Waals surface area (Å²) in [4.78, 5) is 29.7. The van der Waals surface area contributed by atoms with Crippen LogP contribution in [0.1, 0.15) is 13.3 Å². The first-order valence-electron chi connectivity index (χ1n) is 7.40. The zero-order valence-corrected chi connectivity index (χ0v) is 15.0. The first-order chi connectivity index (χ1) is 13.2. The molecule has 0 fully saturated rings. The van der Waals surface area contributed by atoms with Crippen molar-refractivity contribution < 1.29 is 42.9 Å². The van der Waals surface area contributed by atoms with Crippen LogP contribution in [0.2, 0.25) is 0 Å². The van der Waals surface area contributed by atoms with Gasteiger partial charge in [-0.2, -0.15) is 18.4 Å². The quantitative estimate of drug-likeness (QED) is 0.238. The third-order valence-corrected chi connectivity index (χ3v) is 2.52. The third-order valence-electron chi connectivity index (χ3n) is 2.52. The number of carbonyl (C=O) groups excluding carboxylic acids is 1. The molecule has 0 bridgehead atoms. The lowest BCUT2D eigenvalue weighted by Crippen LogP contribution is -2.21. The van der Waals surface area contributed by atoms with Gasteiger partial charge in [-0.15, -0.1) is 0 Å². The summed E-state index contributed by atoms with van der Waals surface area (Å²) in [6.45, 7) is 1.27. The van der Waals surface area contributed by atoms with Crippen molar-refractivity contribution in [3.8, 4) is 6.07 Å². The number of allylic oxidation sites excluding steroid dienone is 1. The Hall–Kier alpha value is -3.79. The maximum atomic E-state index is 10.8. The number of aliphatic hydroxyl groups is 1. The van der Waals surface area contributed by atoms with Crippen LogP contribution >= 0.6 is 0 Å². The number of nitrogens with two attached hydrogens (primary N) is 2. The summed E-state index contributed by atoms with van der Waals surface area (Å²) in [5.74, 6) is -4.32. The topological polar surface area (TPSA) is 200 Å². The molecule has 1 aromatic rings. The number of amides is 1. The molecular formula is C16H19F3N4O6. The molecule has 160 valence electrons. The number of carboxylic acid groups (broad SMARTS) is 2. The van der Waals surface area contributed by atoms with Gasteiger partial charge in [0.25, 0.3) is 0 Å². The first-order valence-corrected chi connectivity index (χ1v) is 7.40. The Morgan fingerprint density at radius 3 is 1.83 bits per heavy atom. The summed E-state index contributed by atoms with van der Waals surface area (Å²) in [6, 6.07) is 8.46. The van der Waals surface area contributed by atoms with Crippen LogP contribution in [-0.2, 0) is 14.4 Å². The second-order valence-corrected chi connectivity index (χ2v) is 4.92. The number of nitriles is 1. The molecule has 0 saturated carbocycles. The Bertz CT molecular complexity index is 766. The molecule has 8 N–H and O–H groups in total. The van der Waals surface area contributed by atoms with Gasteiger partial charge in [-0.3, -0.25) is 9.59 Å². The number of nitrogen functional groups attached to an aromatic ring is 1. The number of aliphatic hydroxyl groups excluding tert-OH is 1. The van der Waals surface area contributed by atoms with E-state index >= 15 is 0 Å². The van der Waals surface area contributed by atoms with Gasteiger partial charge in [-0.05, 0) is 31.2 Å². The van der Waals surface area contributed by atoms with Crippen molar-refractivity contribution in [2.45, 2.75) is 19.5 Å². The van der Waals surface area contributed by atoms with Crippen LogP contribution in [0.4, 0.5) is 24.5 Å². The number of hydrogen-bond acceptors (Lipinski definition) is 7. The van der Waals surface area contributed by atoms with Gasteiger partial charge in [0, 0.05) is 11.4 Å². The molecular weight excluding hydrogens is 401 g/mol. The van der Waals surface area contributed by atoms with Gasteiger partial charge in [-0.1, -0.05) is 0 Å². The highest BCUT2D eigenvalue weighted by Gasteiger charge is 2.38. The molecule has 0 aromatic heterocycles. The average Bonchev–Trinajstić information content (AvgIpc) is 2.61. The molecule has 0 aliphatic heterocycles. The Balaban J connectivity index is 0. The fourth-order valence-corrected chi connectivity index (χ4v) is 1.18. The molecule has 1 amide bonds. The summed E-state index contributed by atoms with van der Waals surface area (Å²) in [5, 5.41) is 34.8. The highest BCUT2D eigenvalue weighted by atomic mass is 19.4. The molecule has 0 aliphatic rings. The van der Waals surface area contributed by atoms with E-state index in [-0.39, 0.29) is 23.8 Å². The van der Waals surface area contributed by atoms with Crippen molar-refractivity contribution in [2.24, 2.45) is 5.73 Å². The molecule has 0 saturated heterocycles. The Kier molecular flexibility index (Phi) is 12.7. The lowest BCUT2D eigenvalue weighted by Gasteiger charge is -2.02. The number of alkyl halides is 3. The number of nitrogens with one attached hydrogen (secondary N) is 1. The lowest BCUT2D eigenvalue weighted by molar-refractivity contribution is -0.192. The van der Waals surface area contributed by atoms with Crippen molar-refractivity contribution in [1.29, 1.82) is 5.26 Å². The summed E-state index contributed by atoms with van der Waals surface area (Å²) in [5.41, 5.74) is 11.8. The van der Waals surface area contributed by atoms with E-state index in [1.54, 1.807) is 30.3 Å². The number of aliphatic carboxylic acids is 2. The second-order valence-electron chi connectivity index (χ2n) is 4.92. The number of anilines is 2. The molecule has 13 heteroatoms. The van der Waals surface area contributed by atoms with Crippen LogP contribution in [0.5, 0.6) is 0 Å². The molecule has 29 heavy (non-hydrogen) atoms. The smallest absolute Gasteiger partial charge is 0.490 e. The van der Waals surface area contributed by atoms with Gasteiger partial charge in [0.05, 0.1) is 24.6 Å². The van der Waals surface area contributed by atoms with Crippen molar-refractivity contribution >= 4 is 29.2 Å². The number of benzene rings is 1. The largest absolute Gasteiger partial charge is 0.512 e. The molecule has 0 aliphatic carbocycles. The van der Waals surface area contributed by atoms with Crippen LogP contribution in [0, 0.1) is 11.3 Å². The highest BCUT2D eigenvalue weighted by molar-refractivity contribution is 5.92. The standard InChI is InChI=1S/C8H11N3O.C6H7NO3.C2HF3O2/c9-5-8(12)11-7-3-1-6(10)2-4-7;1-4(8)5(3-7)2-6(9)10;3-2(4,5)1(6)7/h1-4H,5,9-10H2,(H,11,12);8H,2H2,1H3,(H,9,10);(H,6,7). The fraction of sp³-hybridized carbons (Fsp3) is 0.250. The monoisotopic (exact) mass is 420 g/mol. The number of carbonyl (C=O) groups is 3. The molecule has 0 unspecified atom stereocenters. The third kappa shape index (κ3) is 15.0. The van der Waals surface area contributed by atoms with Crippen LogP contribution in [0.3, 0.4) is 0 Å². The lowest BCUT2D eigenvalue weighted by atomic mass is 10.2. The minimum atomic E-state index is -5.08. The van der Waals surface area contributed by atoms with Crippen molar-refractivity contribution in [3.05, 3.63) is 35.6 Å². The van der Waals surface area contributed by atoms with Crippen molar-refractivity contribution in [2.75, 3.05) is 17.6 Å². The number of halogens is 3. The van der Waals surface area contributed by atoms with Crippen LogP contribution < -0.4 is 16.8 Å².